The van der Waals surface area contributed by atoms with Crippen LogP contribution in [0.25, 0.3) is 11.1 Å². The molecule has 9 nitrogen and oxygen atoms in total. The lowest BCUT2D eigenvalue weighted by molar-refractivity contribution is 0.0790. The second-order valence-electron chi connectivity index (χ2n) is 9.92. The lowest BCUT2D eigenvalue weighted by Gasteiger charge is -2.24. The summed E-state index contributed by atoms with van der Waals surface area (Å²) < 4.78 is 46.1. The van der Waals surface area contributed by atoms with Crippen LogP contribution in [0.2, 0.25) is 0 Å². The molecule has 0 unspecified atom stereocenters. The van der Waals surface area contributed by atoms with Crippen molar-refractivity contribution in [3.05, 3.63) is 82.4 Å². The summed E-state index contributed by atoms with van der Waals surface area (Å²) in [6.45, 7) is 10.7. The van der Waals surface area contributed by atoms with Crippen molar-refractivity contribution in [3.63, 3.8) is 0 Å². The molecule has 4 rings (SSSR count). The lowest BCUT2D eigenvalue weighted by atomic mass is 9.88. The Morgan fingerprint density at radius 3 is 2.38 bits per heavy atom. The predicted molar refractivity (Wildman–Crippen MR) is 149 cm³/mol. The number of sulfonamides is 1. The van der Waals surface area contributed by atoms with Crippen molar-refractivity contribution in [1.82, 2.24) is 10.1 Å². The Morgan fingerprint density at radius 2 is 1.74 bits per heavy atom. The fourth-order valence-corrected chi connectivity index (χ4v) is 5.62. The van der Waals surface area contributed by atoms with Gasteiger partial charge in [0.15, 0.2) is 17.3 Å². The van der Waals surface area contributed by atoms with E-state index in [0.717, 1.165) is 17.0 Å². The van der Waals surface area contributed by atoms with E-state index >= 15 is 0 Å². The molecule has 0 aliphatic carbocycles. The third-order valence-corrected chi connectivity index (χ3v) is 7.83. The molecule has 4 aromatic rings. The highest BCUT2D eigenvalue weighted by atomic mass is 32.2. The fraction of sp³-hybridized carbons (Fsp3) is 0.310. The fourth-order valence-electron chi connectivity index (χ4n) is 4.34. The quantitative estimate of drug-likeness (QED) is 0.276. The molecule has 0 fully saturated rings. The lowest BCUT2D eigenvalue weighted by Crippen LogP contribution is -2.19. The van der Waals surface area contributed by atoms with E-state index in [0.29, 0.717) is 39.5 Å². The first-order valence-corrected chi connectivity index (χ1v) is 13.9. The summed E-state index contributed by atoms with van der Waals surface area (Å²) in [6, 6.07) is 13.9. The zero-order valence-electron chi connectivity index (χ0n) is 23.1. The molecule has 0 saturated heterocycles. The van der Waals surface area contributed by atoms with Gasteiger partial charge in [0.1, 0.15) is 12.4 Å². The zero-order chi connectivity index (χ0) is 28.5. The zero-order valence-corrected chi connectivity index (χ0v) is 23.9. The molecular weight excluding hydrogens is 518 g/mol. The van der Waals surface area contributed by atoms with Crippen molar-refractivity contribution in [2.45, 2.75) is 58.6 Å². The highest BCUT2D eigenvalue weighted by Crippen LogP contribution is 2.37. The average molecular weight is 552 g/mol. The van der Waals surface area contributed by atoms with Gasteiger partial charge in [0.25, 0.3) is 10.0 Å². The molecule has 0 aliphatic heterocycles. The molecule has 206 valence electrons. The maximum absolute atomic E-state index is 13.5. The summed E-state index contributed by atoms with van der Waals surface area (Å²) in [4.78, 5) is 4.46. The topological polar surface area (TPSA) is 124 Å². The van der Waals surface area contributed by atoms with E-state index < -0.39 is 15.6 Å². The molecule has 0 amide bonds. The van der Waals surface area contributed by atoms with Crippen molar-refractivity contribution in [2.75, 3.05) is 11.8 Å². The first-order valence-electron chi connectivity index (χ1n) is 12.4. The molecule has 0 atom stereocenters. The van der Waals surface area contributed by atoms with E-state index in [2.05, 4.69) is 14.9 Å². The number of methoxy groups -OCH3 is 1. The van der Waals surface area contributed by atoms with Gasteiger partial charge in [-0.3, -0.25) is 9.71 Å². The monoisotopic (exact) mass is 551 g/mol. The molecule has 2 aromatic heterocycles. The van der Waals surface area contributed by atoms with Crippen LogP contribution in [-0.2, 0) is 22.2 Å². The number of benzene rings is 2. The maximum Gasteiger partial charge on any atom is 0.263 e. The van der Waals surface area contributed by atoms with E-state index in [1.807, 2.05) is 32.0 Å². The maximum atomic E-state index is 13.5. The SMILES string of the molecule is COc1c(OCc2ccc(-c3ccccc3S(=O)(=O)Nc3noc(C)c3C)c(C(C)(C)O)c2)cc(C)nc1C. The van der Waals surface area contributed by atoms with Crippen LogP contribution in [0.3, 0.4) is 0 Å². The third kappa shape index (κ3) is 5.91. The van der Waals surface area contributed by atoms with Crippen LogP contribution >= 0.6 is 0 Å². The van der Waals surface area contributed by atoms with Gasteiger partial charge in [-0.1, -0.05) is 35.5 Å². The van der Waals surface area contributed by atoms with E-state index in [4.69, 9.17) is 14.0 Å². The van der Waals surface area contributed by atoms with Gasteiger partial charge in [-0.05, 0) is 70.4 Å². The molecule has 0 spiro atoms. The van der Waals surface area contributed by atoms with Crippen LogP contribution in [0.5, 0.6) is 11.5 Å². The Kier molecular flexibility index (Phi) is 7.72. The molecule has 2 N–H and O–H groups in total. The van der Waals surface area contributed by atoms with Crippen LogP contribution in [0, 0.1) is 27.7 Å². The van der Waals surface area contributed by atoms with E-state index in [-0.39, 0.29) is 17.3 Å². The number of anilines is 1. The van der Waals surface area contributed by atoms with Crippen molar-refractivity contribution in [2.24, 2.45) is 0 Å². The van der Waals surface area contributed by atoms with E-state index in [1.54, 1.807) is 59.1 Å². The van der Waals surface area contributed by atoms with Crippen LogP contribution in [0.1, 0.15) is 47.7 Å². The normalized spacial score (nSPS) is 11.9. The summed E-state index contributed by atoms with van der Waals surface area (Å²) >= 11 is 0. The Bertz CT molecular complexity index is 1620. The molecular formula is C29H33N3O6S. The first kappa shape index (κ1) is 28.1. The second-order valence-corrected chi connectivity index (χ2v) is 11.6. The first-order chi connectivity index (χ1) is 18.3. The van der Waals surface area contributed by atoms with Gasteiger partial charge in [-0.25, -0.2) is 8.42 Å². The smallest absolute Gasteiger partial charge is 0.263 e. The van der Waals surface area contributed by atoms with Gasteiger partial charge in [-0.2, -0.15) is 0 Å². The minimum absolute atomic E-state index is 0.0482. The van der Waals surface area contributed by atoms with Gasteiger partial charge in [-0.15, -0.1) is 0 Å². The van der Waals surface area contributed by atoms with Gasteiger partial charge in [0, 0.05) is 22.9 Å². The molecule has 2 aromatic carbocycles. The number of ether oxygens (including phenoxy) is 2. The summed E-state index contributed by atoms with van der Waals surface area (Å²) in [6.07, 6.45) is 0. The van der Waals surface area contributed by atoms with Crippen molar-refractivity contribution in [1.29, 1.82) is 0 Å². The summed E-state index contributed by atoms with van der Waals surface area (Å²) in [5.41, 5.74) is 3.21. The molecule has 39 heavy (non-hydrogen) atoms. The third-order valence-electron chi connectivity index (χ3n) is 6.43. The average Bonchev–Trinajstić information content (AvgIpc) is 3.18. The Balaban J connectivity index is 1.73. The number of rotatable bonds is 9. The molecule has 10 heteroatoms. The number of aryl methyl sites for hydroxylation is 3. The highest BCUT2D eigenvalue weighted by Gasteiger charge is 2.27. The minimum Gasteiger partial charge on any atom is -0.491 e. The number of aliphatic hydroxyl groups is 1. The summed E-state index contributed by atoms with van der Waals surface area (Å²) in [7, 11) is -2.47. The standard InChI is InChI=1S/C29H33N3O6S/c1-17-14-25(27(36-7)19(3)30-17)37-16-21-12-13-22(24(15-21)29(5,6)33)23-10-8-9-11-26(23)39(34,35)32-28-18(2)20(4)38-31-28/h8-15,33H,16H2,1-7H3,(H,31,32). The highest BCUT2D eigenvalue weighted by molar-refractivity contribution is 7.92. The van der Waals surface area contributed by atoms with Crippen molar-refractivity contribution >= 4 is 15.8 Å². The summed E-state index contributed by atoms with van der Waals surface area (Å²) in [5.74, 6) is 1.79. The number of hydrogen-bond donors (Lipinski definition) is 2. The van der Waals surface area contributed by atoms with Crippen LogP contribution < -0.4 is 14.2 Å². The number of nitrogens with zero attached hydrogens (tertiary/aromatic N) is 2. The van der Waals surface area contributed by atoms with E-state index in [1.165, 1.54) is 6.07 Å². The van der Waals surface area contributed by atoms with Crippen molar-refractivity contribution in [3.8, 4) is 22.6 Å². The molecule has 0 saturated carbocycles. The Morgan fingerprint density at radius 1 is 1.03 bits per heavy atom. The Labute approximate surface area is 228 Å². The minimum atomic E-state index is -4.03. The predicted octanol–water partition coefficient (Wildman–Crippen LogP) is 5.59. The molecule has 0 radical (unpaired) electrons. The number of nitrogens with one attached hydrogen (secondary N) is 1. The molecule has 0 aliphatic rings. The molecule has 0 bridgehead atoms. The van der Waals surface area contributed by atoms with Crippen LogP contribution in [-0.4, -0.2) is 30.8 Å². The summed E-state index contributed by atoms with van der Waals surface area (Å²) in [5, 5.41) is 14.9. The largest absolute Gasteiger partial charge is 0.491 e. The van der Waals surface area contributed by atoms with Gasteiger partial charge in [0.05, 0.1) is 23.3 Å². The van der Waals surface area contributed by atoms with Gasteiger partial charge >= 0.3 is 0 Å². The number of hydrogen-bond acceptors (Lipinski definition) is 8. The second kappa shape index (κ2) is 10.7. The number of aromatic nitrogens is 2. The number of pyridine rings is 1. The van der Waals surface area contributed by atoms with Crippen LogP contribution in [0.15, 0.2) is 57.9 Å². The van der Waals surface area contributed by atoms with Crippen molar-refractivity contribution < 1.29 is 27.5 Å². The molecule has 2 heterocycles. The van der Waals surface area contributed by atoms with Gasteiger partial charge in [0.2, 0.25) is 0 Å². The Hall–Kier alpha value is -3.89. The van der Waals surface area contributed by atoms with Crippen LogP contribution in [0.4, 0.5) is 5.82 Å². The van der Waals surface area contributed by atoms with E-state index in [9.17, 15) is 13.5 Å². The van der Waals surface area contributed by atoms with Gasteiger partial charge < -0.3 is 19.1 Å².